The second-order valence-electron chi connectivity index (χ2n) is 7.22. The largest absolute Gasteiger partial charge is 0.495 e. The van der Waals surface area contributed by atoms with Gasteiger partial charge < -0.3 is 25.3 Å². The quantitative estimate of drug-likeness (QED) is 0.370. The van der Waals surface area contributed by atoms with Crippen molar-refractivity contribution in [2.45, 2.75) is 13.0 Å². The van der Waals surface area contributed by atoms with Gasteiger partial charge in [0.15, 0.2) is 0 Å². The van der Waals surface area contributed by atoms with E-state index in [-0.39, 0.29) is 11.9 Å². The monoisotopic (exact) mass is 399 g/mol. The van der Waals surface area contributed by atoms with Gasteiger partial charge in [-0.25, -0.2) is 4.98 Å². The van der Waals surface area contributed by atoms with Gasteiger partial charge in [0, 0.05) is 11.8 Å². The molecule has 1 aliphatic heterocycles. The maximum Gasteiger partial charge on any atom is 0.256 e. The van der Waals surface area contributed by atoms with E-state index in [9.17, 15) is 4.79 Å². The van der Waals surface area contributed by atoms with Crippen molar-refractivity contribution < 1.29 is 9.53 Å². The van der Waals surface area contributed by atoms with Gasteiger partial charge >= 0.3 is 0 Å². The summed E-state index contributed by atoms with van der Waals surface area (Å²) in [4.78, 5) is 23.9. The van der Waals surface area contributed by atoms with Crippen molar-refractivity contribution >= 4 is 40.2 Å². The Balaban J connectivity index is 1.55. The van der Waals surface area contributed by atoms with Crippen LogP contribution < -0.4 is 15.4 Å². The number of hydrogen-bond donors (Lipinski definition) is 4. The summed E-state index contributed by atoms with van der Waals surface area (Å²) in [5, 5.41) is 6.34. The number of hydrogen-bond acceptors (Lipinski definition) is 4. The topological polar surface area (TPSA) is 94.8 Å². The molecule has 0 spiro atoms. The van der Waals surface area contributed by atoms with Crippen LogP contribution in [0.4, 0.5) is 11.6 Å². The minimum atomic E-state index is -0.163. The van der Waals surface area contributed by atoms with Gasteiger partial charge in [-0.1, -0.05) is 30.3 Å². The molecule has 2 aromatic heterocycles. The minimum absolute atomic E-state index is 0.0813. The number of anilines is 2. The third-order valence-corrected chi connectivity index (χ3v) is 5.32. The maximum atomic E-state index is 12.7. The summed E-state index contributed by atoms with van der Waals surface area (Å²) in [7, 11) is 1.60. The van der Waals surface area contributed by atoms with Gasteiger partial charge in [-0.05, 0) is 36.8 Å². The molecule has 4 N–H and O–H groups in total. The number of aromatic amines is 2. The molecule has 1 aliphatic rings. The standard InChI is InChI=1S/C23H21N5O2/c1-13(14-6-4-3-5-7-14)25-23-27-17-9-8-16-20(21(17)28-23)15(22(29)26-16)12-18-19(30-2)10-11-24-18/h3-13,24H,1-2H3,(H,26,29)(H2,25,27,28)/b15-12+. The number of imidazole rings is 1. The number of H-pyrrole nitrogens is 2. The third-order valence-electron chi connectivity index (χ3n) is 5.32. The maximum absolute atomic E-state index is 12.7. The minimum Gasteiger partial charge on any atom is -0.495 e. The van der Waals surface area contributed by atoms with Gasteiger partial charge in [0.05, 0.1) is 35.6 Å². The van der Waals surface area contributed by atoms with E-state index < -0.39 is 0 Å². The van der Waals surface area contributed by atoms with Gasteiger partial charge in [0.1, 0.15) is 11.3 Å². The van der Waals surface area contributed by atoms with E-state index in [2.05, 4.69) is 39.7 Å². The Labute approximate surface area is 173 Å². The molecule has 30 heavy (non-hydrogen) atoms. The first kappa shape index (κ1) is 18.1. The Morgan fingerprint density at radius 1 is 1.13 bits per heavy atom. The number of fused-ring (bicyclic) bond motifs is 3. The van der Waals surface area contributed by atoms with Crippen molar-refractivity contribution in [2.24, 2.45) is 0 Å². The van der Waals surface area contributed by atoms with Crippen LogP contribution >= 0.6 is 0 Å². The van der Waals surface area contributed by atoms with Crippen LogP contribution in [0.2, 0.25) is 0 Å². The van der Waals surface area contributed by atoms with Crippen LogP contribution in [-0.4, -0.2) is 28.0 Å². The highest BCUT2D eigenvalue weighted by molar-refractivity contribution is 6.37. The summed E-state index contributed by atoms with van der Waals surface area (Å²) in [6, 6.07) is 15.9. The zero-order valence-corrected chi connectivity index (χ0v) is 16.6. The normalized spacial score (nSPS) is 15.3. The fraction of sp³-hybridized carbons (Fsp3) is 0.130. The number of rotatable bonds is 5. The molecule has 4 aromatic rings. The van der Waals surface area contributed by atoms with Crippen LogP contribution in [0.15, 0.2) is 54.7 Å². The fourth-order valence-corrected chi connectivity index (χ4v) is 3.79. The summed E-state index contributed by atoms with van der Waals surface area (Å²) >= 11 is 0. The number of carbonyl (C=O) groups is 1. The molecule has 0 saturated heterocycles. The molecular formula is C23H21N5O2. The van der Waals surface area contributed by atoms with E-state index in [1.807, 2.05) is 36.4 Å². The summed E-state index contributed by atoms with van der Waals surface area (Å²) in [6.07, 6.45) is 3.58. The molecule has 7 heteroatoms. The molecule has 0 bridgehead atoms. The van der Waals surface area contributed by atoms with Crippen molar-refractivity contribution in [1.82, 2.24) is 15.0 Å². The van der Waals surface area contributed by atoms with Crippen LogP contribution in [0.5, 0.6) is 5.75 Å². The first-order valence-corrected chi connectivity index (χ1v) is 9.73. The second kappa shape index (κ2) is 7.11. The van der Waals surface area contributed by atoms with E-state index in [0.717, 1.165) is 28.0 Å². The zero-order valence-electron chi connectivity index (χ0n) is 16.6. The highest BCUT2D eigenvalue weighted by Crippen LogP contribution is 2.39. The van der Waals surface area contributed by atoms with Gasteiger partial charge in [-0.3, -0.25) is 4.79 Å². The molecule has 1 amide bonds. The number of nitrogens with one attached hydrogen (secondary N) is 4. The van der Waals surface area contributed by atoms with Crippen molar-refractivity contribution in [3.63, 3.8) is 0 Å². The lowest BCUT2D eigenvalue weighted by Gasteiger charge is -2.12. The summed E-state index contributed by atoms with van der Waals surface area (Å²) < 4.78 is 5.36. The lowest BCUT2D eigenvalue weighted by Crippen LogP contribution is -2.07. The number of nitrogens with zero attached hydrogens (tertiary/aromatic N) is 1. The van der Waals surface area contributed by atoms with Gasteiger partial charge in [-0.15, -0.1) is 0 Å². The van der Waals surface area contributed by atoms with Crippen LogP contribution in [-0.2, 0) is 4.79 Å². The fourth-order valence-electron chi connectivity index (χ4n) is 3.79. The Morgan fingerprint density at radius 2 is 1.97 bits per heavy atom. The van der Waals surface area contributed by atoms with Crippen molar-refractivity contribution in [3.05, 3.63) is 71.5 Å². The molecule has 2 aromatic carbocycles. The van der Waals surface area contributed by atoms with E-state index in [1.54, 1.807) is 19.4 Å². The molecular weight excluding hydrogens is 378 g/mol. The summed E-state index contributed by atoms with van der Waals surface area (Å²) in [6.45, 7) is 2.08. The number of benzene rings is 2. The van der Waals surface area contributed by atoms with Crippen molar-refractivity contribution in [2.75, 3.05) is 17.7 Å². The van der Waals surface area contributed by atoms with E-state index >= 15 is 0 Å². The average molecular weight is 399 g/mol. The first-order valence-electron chi connectivity index (χ1n) is 9.73. The summed E-state index contributed by atoms with van der Waals surface area (Å²) in [5.41, 5.74) is 5.58. The van der Waals surface area contributed by atoms with E-state index in [4.69, 9.17) is 9.72 Å². The molecule has 0 radical (unpaired) electrons. The Bertz CT molecular complexity index is 1270. The molecule has 5 rings (SSSR count). The molecule has 0 aliphatic carbocycles. The highest BCUT2D eigenvalue weighted by atomic mass is 16.5. The molecule has 0 saturated carbocycles. The lowest BCUT2D eigenvalue weighted by atomic mass is 10.0. The molecule has 150 valence electrons. The predicted molar refractivity (Wildman–Crippen MR) is 118 cm³/mol. The van der Waals surface area contributed by atoms with E-state index in [0.29, 0.717) is 17.3 Å². The lowest BCUT2D eigenvalue weighted by molar-refractivity contribution is -0.110. The second-order valence-corrected chi connectivity index (χ2v) is 7.22. The number of ether oxygens (including phenoxy) is 1. The third kappa shape index (κ3) is 3.00. The average Bonchev–Trinajstić information content (AvgIpc) is 3.45. The molecule has 1 unspecified atom stereocenters. The summed E-state index contributed by atoms with van der Waals surface area (Å²) in [5.74, 6) is 1.17. The smallest absolute Gasteiger partial charge is 0.256 e. The first-order chi connectivity index (χ1) is 14.6. The number of aromatic nitrogens is 3. The van der Waals surface area contributed by atoms with Gasteiger partial charge in [-0.2, -0.15) is 0 Å². The zero-order chi connectivity index (χ0) is 20.7. The van der Waals surface area contributed by atoms with Crippen molar-refractivity contribution in [3.8, 4) is 5.75 Å². The van der Waals surface area contributed by atoms with Crippen LogP contribution in [0.3, 0.4) is 0 Å². The van der Waals surface area contributed by atoms with Gasteiger partial charge in [0.25, 0.3) is 5.91 Å². The molecule has 3 heterocycles. The number of carbonyl (C=O) groups excluding carboxylic acids is 1. The number of methoxy groups -OCH3 is 1. The Hall–Kier alpha value is -4.00. The molecule has 1 atom stereocenters. The molecule has 0 fully saturated rings. The van der Waals surface area contributed by atoms with Crippen LogP contribution in [0, 0.1) is 0 Å². The van der Waals surface area contributed by atoms with E-state index in [1.165, 1.54) is 5.56 Å². The van der Waals surface area contributed by atoms with Crippen molar-refractivity contribution in [1.29, 1.82) is 0 Å². The van der Waals surface area contributed by atoms with Crippen LogP contribution in [0.1, 0.15) is 29.8 Å². The molecule has 7 nitrogen and oxygen atoms in total. The SMILES string of the molecule is COc1cc[nH]c1/C=C1/C(=O)Nc2ccc3[nH]c(NC(C)c4ccccc4)nc3c21. The highest BCUT2D eigenvalue weighted by Gasteiger charge is 2.28. The van der Waals surface area contributed by atoms with Gasteiger partial charge in [0.2, 0.25) is 5.95 Å². The predicted octanol–water partition coefficient (Wildman–Crippen LogP) is 4.57. The Kier molecular flexibility index (Phi) is 4.28. The Morgan fingerprint density at radius 3 is 2.77 bits per heavy atom. The van der Waals surface area contributed by atoms with Crippen LogP contribution in [0.25, 0.3) is 22.7 Å². The number of amides is 1.